The van der Waals surface area contributed by atoms with Gasteiger partial charge in [-0.15, -0.1) is 0 Å². The second kappa shape index (κ2) is 65.1. The van der Waals surface area contributed by atoms with E-state index >= 15 is 0 Å². The third kappa shape index (κ3) is 62.4. The minimum absolute atomic E-state index is 0.0998. The minimum Gasteiger partial charge on any atom is -0.462 e. The zero-order valence-electron chi connectivity index (χ0n) is 50.6. The van der Waals surface area contributed by atoms with E-state index in [-0.39, 0.29) is 37.5 Å². The van der Waals surface area contributed by atoms with E-state index in [9.17, 15) is 14.4 Å². The van der Waals surface area contributed by atoms with Crippen LogP contribution in [0.5, 0.6) is 0 Å². The number of esters is 3. The molecule has 0 N–H and O–H groups in total. The van der Waals surface area contributed by atoms with Gasteiger partial charge < -0.3 is 14.2 Å². The maximum absolute atomic E-state index is 12.9. The molecular formula is C72H118O6. The summed E-state index contributed by atoms with van der Waals surface area (Å²) in [6, 6.07) is 0. The van der Waals surface area contributed by atoms with Crippen molar-refractivity contribution in [2.45, 2.75) is 290 Å². The molecule has 0 aromatic carbocycles. The normalized spacial score (nSPS) is 13.0. The summed E-state index contributed by atoms with van der Waals surface area (Å²) < 4.78 is 16.9. The number of hydrogen-bond donors (Lipinski definition) is 0. The fraction of sp³-hybridized carbons (Fsp3) is 0.653. The Morgan fingerprint density at radius 2 is 0.500 bits per heavy atom. The van der Waals surface area contributed by atoms with Crippen LogP contribution in [0.15, 0.2) is 134 Å². The number of rotatable bonds is 57. The van der Waals surface area contributed by atoms with E-state index in [0.717, 1.165) is 135 Å². The first-order valence-electron chi connectivity index (χ1n) is 32.2. The molecule has 1 unspecified atom stereocenters. The Morgan fingerprint density at radius 3 is 0.795 bits per heavy atom. The van der Waals surface area contributed by atoms with E-state index in [4.69, 9.17) is 14.2 Å². The predicted octanol–water partition coefficient (Wildman–Crippen LogP) is 22.2. The second-order valence-corrected chi connectivity index (χ2v) is 20.9. The monoisotopic (exact) mass is 1080 g/mol. The first-order valence-corrected chi connectivity index (χ1v) is 32.2. The number of carbonyl (C=O) groups is 3. The summed E-state index contributed by atoms with van der Waals surface area (Å²) in [6.07, 6.45) is 91.6. The molecule has 78 heavy (non-hydrogen) atoms. The van der Waals surface area contributed by atoms with Gasteiger partial charge in [-0.1, -0.05) is 264 Å². The molecule has 442 valence electrons. The van der Waals surface area contributed by atoms with Crippen molar-refractivity contribution in [3.63, 3.8) is 0 Å². The lowest BCUT2D eigenvalue weighted by atomic mass is 10.1. The van der Waals surface area contributed by atoms with E-state index in [1.54, 1.807) is 0 Å². The highest BCUT2D eigenvalue weighted by molar-refractivity contribution is 5.71. The fourth-order valence-corrected chi connectivity index (χ4v) is 8.61. The second-order valence-electron chi connectivity index (χ2n) is 20.9. The van der Waals surface area contributed by atoms with E-state index in [1.165, 1.54) is 109 Å². The van der Waals surface area contributed by atoms with E-state index < -0.39 is 6.10 Å². The van der Waals surface area contributed by atoms with E-state index in [2.05, 4.69) is 154 Å². The molecule has 6 nitrogen and oxygen atoms in total. The van der Waals surface area contributed by atoms with E-state index in [1.807, 2.05) is 0 Å². The van der Waals surface area contributed by atoms with Crippen molar-refractivity contribution in [3.05, 3.63) is 134 Å². The number of carbonyl (C=O) groups excluding carboxylic acids is 3. The standard InChI is InChI=1S/C72H118O6/c1-4-7-10-13-16-19-22-25-28-31-34-35-36-37-39-41-44-47-50-53-56-59-62-65-71(74)77-68-69(67-76-70(73)64-61-58-55-52-49-46-43-40-33-30-27-24-21-18-15-12-9-6-3)78-72(75)66-63-60-57-54-51-48-45-42-38-32-29-26-23-20-17-14-11-8-5-2/h7-8,10-11,16-17,19-21,24-26,28-30,33-35,38,42,48,51,69H,4-6,9,12-15,18,22-23,27,31-32,36-37,39-41,43-47,49-50,52-68H2,1-3H3/b10-7-,11-8-,19-16-,20-17-,24-21-,28-25-,29-26-,33-30-,35-34-,42-38-,51-48-. The molecule has 0 aliphatic rings. The topological polar surface area (TPSA) is 78.9 Å². The maximum Gasteiger partial charge on any atom is 0.306 e. The largest absolute Gasteiger partial charge is 0.462 e. The van der Waals surface area contributed by atoms with Gasteiger partial charge in [-0.3, -0.25) is 14.4 Å². The van der Waals surface area contributed by atoms with Gasteiger partial charge in [0, 0.05) is 19.3 Å². The van der Waals surface area contributed by atoms with Crippen LogP contribution < -0.4 is 0 Å². The molecule has 6 heteroatoms. The number of ether oxygens (including phenoxy) is 3. The van der Waals surface area contributed by atoms with Crippen LogP contribution >= 0.6 is 0 Å². The lowest BCUT2D eigenvalue weighted by molar-refractivity contribution is -0.167. The number of allylic oxidation sites excluding steroid dienone is 22. The molecular weight excluding hydrogens is 961 g/mol. The molecule has 0 aliphatic heterocycles. The third-order valence-corrected chi connectivity index (χ3v) is 13.4. The molecule has 0 bridgehead atoms. The van der Waals surface area contributed by atoms with Crippen LogP contribution in [-0.4, -0.2) is 37.2 Å². The molecule has 0 rings (SSSR count). The number of unbranched alkanes of at least 4 members (excludes halogenated alkanes) is 24. The summed E-state index contributed by atoms with van der Waals surface area (Å²) in [5, 5.41) is 0. The van der Waals surface area contributed by atoms with Gasteiger partial charge in [0.25, 0.3) is 0 Å². The summed E-state index contributed by atoms with van der Waals surface area (Å²) in [4.78, 5) is 38.4. The lowest BCUT2D eigenvalue weighted by Gasteiger charge is -2.18. The van der Waals surface area contributed by atoms with E-state index in [0.29, 0.717) is 12.8 Å². The van der Waals surface area contributed by atoms with Gasteiger partial charge in [-0.2, -0.15) is 0 Å². The van der Waals surface area contributed by atoms with Crippen LogP contribution in [0.1, 0.15) is 284 Å². The number of hydrogen-bond acceptors (Lipinski definition) is 6. The van der Waals surface area contributed by atoms with Gasteiger partial charge in [0.1, 0.15) is 13.2 Å². The zero-order chi connectivity index (χ0) is 56.4. The average Bonchev–Trinajstić information content (AvgIpc) is 3.44. The summed E-state index contributed by atoms with van der Waals surface area (Å²) in [5.74, 6) is -0.941. The summed E-state index contributed by atoms with van der Waals surface area (Å²) in [7, 11) is 0. The van der Waals surface area contributed by atoms with Gasteiger partial charge >= 0.3 is 17.9 Å². The van der Waals surface area contributed by atoms with Gasteiger partial charge in [0.2, 0.25) is 0 Å². The SMILES string of the molecule is CC/C=C\C/C=C\C/C=C\C/C=C\C/C=C\CCCCCC(=O)OC(COC(=O)CCCCCCCCC/C=C\C/C=C\CCCCCC)COC(=O)CCCCCCCCCCCC/C=C\C/C=C\C/C=C\C/C=C\CC. The molecule has 0 heterocycles. The first-order chi connectivity index (χ1) is 38.5. The van der Waals surface area contributed by atoms with Crippen LogP contribution in [0, 0.1) is 0 Å². The molecule has 0 saturated carbocycles. The molecule has 0 saturated heterocycles. The summed E-state index contributed by atoms with van der Waals surface area (Å²) in [5.41, 5.74) is 0. The van der Waals surface area contributed by atoms with Crippen molar-refractivity contribution in [1.82, 2.24) is 0 Å². The average molecular weight is 1080 g/mol. The van der Waals surface area contributed by atoms with Crippen LogP contribution in [0.2, 0.25) is 0 Å². The molecule has 0 fully saturated rings. The molecule has 0 aliphatic carbocycles. The van der Waals surface area contributed by atoms with Crippen LogP contribution in [0.25, 0.3) is 0 Å². The Morgan fingerprint density at radius 1 is 0.269 bits per heavy atom. The Balaban J connectivity index is 4.46. The summed E-state index contributed by atoms with van der Waals surface area (Å²) >= 11 is 0. The molecule has 1 atom stereocenters. The third-order valence-electron chi connectivity index (χ3n) is 13.4. The fourth-order valence-electron chi connectivity index (χ4n) is 8.61. The van der Waals surface area contributed by atoms with Crippen molar-refractivity contribution in [2.75, 3.05) is 13.2 Å². The lowest BCUT2D eigenvalue weighted by Crippen LogP contribution is -2.30. The minimum atomic E-state index is -0.807. The molecule has 0 aromatic heterocycles. The Labute approximate surface area is 481 Å². The zero-order valence-corrected chi connectivity index (χ0v) is 50.6. The molecule has 0 aromatic rings. The Hall–Kier alpha value is -4.45. The van der Waals surface area contributed by atoms with Gasteiger partial charge in [0.05, 0.1) is 0 Å². The van der Waals surface area contributed by atoms with Crippen LogP contribution in [0.4, 0.5) is 0 Å². The molecule has 0 radical (unpaired) electrons. The van der Waals surface area contributed by atoms with Crippen molar-refractivity contribution in [1.29, 1.82) is 0 Å². The van der Waals surface area contributed by atoms with Crippen molar-refractivity contribution >= 4 is 17.9 Å². The Kier molecular flexibility index (Phi) is 61.4. The van der Waals surface area contributed by atoms with Crippen molar-refractivity contribution in [3.8, 4) is 0 Å². The smallest absolute Gasteiger partial charge is 0.306 e. The van der Waals surface area contributed by atoms with Crippen LogP contribution in [0.3, 0.4) is 0 Å². The summed E-state index contributed by atoms with van der Waals surface area (Å²) in [6.45, 7) is 6.37. The quantitative estimate of drug-likeness (QED) is 0.0261. The highest BCUT2D eigenvalue weighted by Gasteiger charge is 2.19. The van der Waals surface area contributed by atoms with Gasteiger partial charge in [0.15, 0.2) is 6.10 Å². The van der Waals surface area contributed by atoms with Crippen molar-refractivity contribution < 1.29 is 28.6 Å². The maximum atomic E-state index is 12.9. The Bertz CT molecular complexity index is 1670. The highest BCUT2D eigenvalue weighted by Crippen LogP contribution is 2.15. The predicted molar refractivity (Wildman–Crippen MR) is 339 cm³/mol. The molecule has 0 spiro atoms. The highest BCUT2D eigenvalue weighted by atomic mass is 16.6. The van der Waals surface area contributed by atoms with Crippen molar-refractivity contribution in [2.24, 2.45) is 0 Å². The van der Waals surface area contributed by atoms with Crippen LogP contribution in [-0.2, 0) is 28.6 Å². The molecule has 0 amide bonds. The first kappa shape index (κ1) is 73.5. The van der Waals surface area contributed by atoms with Gasteiger partial charge in [-0.05, 0) is 135 Å². The van der Waals surface area contributed by atoms with Gasteiger partial charge in [-0.25, -0.2) is 0 Å².